The van der Waals surface area contributed by atoms with Gasteiger partial charge in [-0.1, -0.05) is 13.0 Å². The van der Waals surface area contributed by atoms with Crippen molar-refractivity contribution in [1.29, 1.82) is 0 Å². The number of nitrogens with one attached hydrogen (secondary N) is 1. The van der Waals surface area contributed by atoms with Crippen molar-refractivity contribution in [3.63, 3.8) is 0 Å². The molecule has 2 rings (SSSR count). The molecule has 0 spiro atoms. The minimum Gasteiger partial charge on any atom is -0.364 e. The van der Waals surface area contributed by atoms with Gasteiger partial charge in [-0.25, -0.2) is 9.67 Å². The number of nitrogens with two attached hydrogens (primary N) is 1. The van der Waals surface area contributed by atoms with Gasteiger partial charge in [-0.05, 0) is 37.6 Å². The smallest absolute Gasteiger partial charge is 0.269 e. The Morgan fingerprint density at radius 2 is 2.25 bits per heavy atom. The first-order valence-electron chi connectivity index (χ1n) is 6.67. The zero-order chi connectivity index (χ0) is 14.5. The average molecular weight is 273 g/mol. The van der Waals surface area contributed by atoms with E-state index in [0.717, 1.165) is 18.5 Å². The van der Waals surface area contributed by atoms with Gasteiger partial charge in [0.1, 0.15) is 5.69 Å². The van der Waals surface area contributed by atoms with E-state index in [1.807, 2.05) is 18.3 Å². The molecule has 1 amide bonds. The molecule has 0 aliphatic carbocycles. The molecule has 106 valence electrons. The molecule has 0 bridgehead atoms. The van der Waals surface area contributed by atoms with E-state index in [9.17, 15) is 4.79 Å². The number of primary amides is 1. The van der Waals surface area contributed by atoms with Crippen LogP contribution in [0.3, 0.4) is 0 Å². The molecule has 0 fully saturated rings. The van der Waals surface area contributed by atoms with Gasteiger partial charge in [0.2, 0.25) is 0 Å². The summed E-state index contributed by atoms with van der Waals surface area (Å²) in [5.74, 6) is 0.113. The Kier molecular flexibility index (Phi) is 4.47. The quantitative estimate of drug-likeness (QED) is 0.833. The third-order valence-corrected chi connectivity index (χ3v) is 3.05. The number of carbonyl (C=O) groups is 1. The molecule has 1 unspecified atom stereocenters. The number of aromatic nitrogens is 3. The number of nitrogens with zero attached hydrogens (tertiary/aromatic N) is 3. The molecular weight excluding hydrogens is 254 g/mol. The molecule has 2 aromatic rings. The van der Waals surface area contributed by atoms with Crippen LogP contribution < -0.4 is 11.1 Å². The van der Waals surface area contributed by atoms with Crippen molar-refractivity contribution in [2.45, 2.75) is 26.3 Å². The van der Waals surface area contributed by atoms with Crippen LogP contribution in [-0.2, 0) is 0 Å². The fraction of sp³-hybridized carbons (Fsp3) is 0.357. The van der Waals surface area contributed by atoms with E-state index >= 15 is 0 Å². The van der Waals surface area contributed by atoms with Crippen LogP contribution in [0.1, 0.15) is 42.4 Å². The third-order valence-electron chi connectivity index (χ3n) is 3.05. The maximum atomic E-state index is 11.0. The fourth-order valence-electron chi connectivity index (χ4n) is 1.85. The lowest BCUT2D eigenvalue weighted by molar-refractivity contribution is 0.0995. The van der Waals surface area contributed by atoms with Gasteiger partial charge >= 0.3 is 0 Å². The second kappa shape index (κ2) is 6.29. The molecular formula is C14H19N5O. The zero-order valence-corrected chi connectivity index (χ0v) is 11.7. The summed E-state index contributed by atoms with van der Waals surface area (Å²) in [7, 11) is 0. The van der Waals surface area contributed by atoms with Crippen LogP contribution in [-0.4, -0.2) is 27.2 Å². The predicted molar refractivity (Wildman–Crippen MR) is 76.6 cm³/mol. The molecule has 2 heterocycles. The summed E-state index contributed by atoms with van der Waals surface area (Å²) in [5, 5.41) is 7.47. The first kappa shape index (κ1) is 14.2. The summed E-state index contributed by atoms with van der Waals surface area (Å²) in [4.78, 5) is 15.4. The molecule has 0 aliphatic heterocycles. The van der Waals surface area contributed by atoms with Crippen molar-refractivity contribution >= 4 is 5.91 Å². The normalized spacial score (nSPS) is 12.3. The summed E-state index contributed by atoms with van der Waals surface area (Å²) < 4.78 is 1.54. The van der Waals surface area contributed by atoms with Gasteiger partial charge < -0.3 is 11.1 Å². The molecule has 0 radical (unpaired) electrons. The first-order valence-corrected chi connectivity index (χ1v) is 6.67. The second-order valence-corrected chi connectivity index (χ2v) is 4.64. The number of rotatable bonds is 6. The van der Waals surface area contributed by atoms with Crippen LogP contribution in [0.5, 0.6) is 0 Å². The van der Waals surface area contributed by atoms with Crippen LogP contribution in [0.2, 0.25) is 0 Å². The highest BCUT2D eigenvalue weighted by atomic mass is 16.1. The van der Waals surface area contributed by atoms with E-state index < -0.39 is 5.91 Å². The standard InChI is InChI=1S/C14H19N5O/c1-3-7-16-10(2)11-4-5-13(17-9-11)19-8-6-12(18-19)14(15)20/h4-6,8-10,16H,3,7H2,1-2H3,(H2,15,20). The monoisotopic (exact) mass is 273 g/mol. The number of hydrogen-bond donors (Lipinski definition) is 2. The average Bonchev–Trinajstić information content (AvgIpc) is 2.95. The molecule has 2 aromatic heterocycles. The lowest BCUT2D eigenvalue weighted by atomic mass is 10.1. The summed E-state index contributed by atoms with van der Waals surface area (Å²) in [6.07, 6.45) is 4.58. The summed E-state index contributed by atoms with van der Waals surface area (Å²) in [6.45, 7) is 5.21. The van der Waals surface area contributed by atoms with Crippen molar-refractivity contribution in [3.05, 3.63) is 41.9 Å². The van der Waals surface area contributed by atoms with Gasteiger partial charge in [0.05, 0.1) is 0 Å². The Morgan fingerprint density at radius 1 is 1.45 bits per heavy atom. The van der Waals surface area contributed by atoms with Gasteiger partial charge in [-0.2, -0.15) is 5.10 Å². The van der Waals surface area contributed by atoms with Crippen LogP contribution in [0.15, 0.2) is 30.6 Å². The van der Waals surface area contributed by atoms with Gasteiger partial charge in [-0.15, -0.1) is 0 Å². The summed E-state index contributed by atoms with van der Waals surface area (Å²) >= 11 is 0. The van der Waals surface area contributed by atoms with E-state index in [0.29, 0.717) is 5.82 Å². The number of hydrogen-bond acceptors (Lipinski definition) is 4. The largest absolute Gasteiger partial charge is 0.364 e. The van der Waals surface area contributed by atoms with Crippen LogP contribution in [0.25, 0.3) is 5.82 Å². The van der Waals surface area contributed by atoms with E-state index in [1.165, 1.54) is 4.68 Å². The lowest BCUT2D eigenvalue weighted by Gasteiger charge is -2.13. The van der Waals surface area contributed by atoms with Gasteiger partial charge in [0, 0.05) is 18.4 Å². The van der Waals surface area contributed by atoms with E-state index in [2.05, 4.69) is 29.2 Å². The lowest BCUT2D eigenvalue weighted by Crippen LogP contribution is -2.19. The minimum absolute atomic E-state index is 0.230. The SMILES string of the molecule is CCCNC(C)c1ccc(-n2ccc(C(N)=O)n2)nc1. The fourth-order valence-corrected chi connectivity index (χ4v) is 1.85. The number of amides is 1. The third kappa shape index (κ3) is 3.21. The van der Waals surface area contributed by atoms with Gasteiger partial charge in [0.15, 0.2) is 5.82 Å². The molecule has 0 aromatic carbocycles. The van der Waals surface area contributed by atoms with Crippen molar-refractivity contribution in [3.8, 4) is 5.82 Å². The minimum atomic E-state index is -0.544. The zero-order valence-electron chi connectivity index (χ0n) is 11.7. The Balaban J connectivity index is 2.12. The van der Waals surface area contributed by atoms with Crippen molar-refractivity contribution < 1.29 is 4.79 Å². The molecule has 6 nitrogen and oxygen atoms in total. The summed E-state index contributed by atoms with van der Waals surface area (Å²) in [5.41, 5.74) is 6.52. The van der Waals surface area contributed by atoms with Crippen molar-refractivity contribution in [2.24, 2.45) is 5.73 Å². The van der Waals surface area contributed by atoms with Gasteiger partial charge in [0.25, 0.3) is 5.91 Å². The number of pyridine rings is 1. The molecule has 0 saturated heterocycles. The maximum Gasteiger partial charge on any atom is 0.269 e. The van der Waals surface area contributed by atoms with E-state index in [-0.39, 0.29) is 11.7 Å². The highest BCUT2D eigenvalue weighted by molar-refractivity contribution is 5.90. The topological polar surface area (TPSA) is 85.8 Å². The maximum absolute atomic E-state index is 11.0. The van der Waals surface area contributed by atoms with E-state index in [4.69, 9.17) is 5.73 Å². The second-order valence-electron chi connectivity index (χ2n) is 4.64. The van der Waals surface area contributed by atoms with E-state index in [1.54, 1.807) is 12.3 Å². The Hall–Kier alpha value is -2.21. The Bertz CT molecular complexity index is 576. The predicted octanol–water partition coefficient (Wildman–Crippen LogP) is 1.43. The molecule has 20 heavy (non-hydrogen) atoms. The van der Waals surface area contributed by atoms with Crippen LogP contribution in [0, 0.1) is 0 Å². The first-order chi connectivity index (χ1) is 9.61. The number of carbonyl (C=O) groups excluding carboxylic acids is 1. The Labute approximate surface area is 118 Å². The van der Waals surface area contributed by atoms with Crippen LogP contribution >= 0.6 is 0 Å². The molecule has 0 saturated carbocycles. The molecule has 0 aliphatic rings. The Morgan fingerprint density at radius 3 is 2.80 bits per heavy atom. The van der Waals surface area contributed by atoms with Crippen molar-refractivity contribution in [1.82, 2.24) is 20.1 Å². The molecule has 3 N–H and O–H groups in total. The van der Waals surface area contributed by atoms with Crippen molar-refractivity contribution in [2.75, 3.05) is 6.54 Å². The van der Waals surface area contributed by atoms with Gasteiger partial charge in [-0.3, -0.25) is 4.79 Å². The molecule has 6 heteroatoms. The highest BCUT2D eigenvalue weighted by Gasteiger charge is 2.08. The highest BCUT2D eigenvalue weighted by Crippen LogP contribution is 2.13. The molecule has 1 atom stereocenters. The summed E-state index contributed by atoms with van der Waals surface area (Å²) in [6, 6.07) is 5.71. The van der Waals surface area contributed by atoms with Crippen LogP contribution in [0.4, 0.5) is 0 Å².